The lowest BCUT2D eigenvalue weighted by molar-refractivity contribution is -0.137. The molecule has 4 rings (SSSR count). The number of rotatable bonds is 10. The van der Waals surface area contributed by atoms with Crippen LogP contribution in [0.3, 0.4) is 0 Å². The maximum absolute atomic E-state index is 14.4. The van der Waals surface area contributed by atoms with Crippen LogP contribution in [0, 0.1) is 17.3 Å². The average molecular weight is 594 g/mol. The highest BCUT2D eigenvalue weighted by Crippen LogP contribution is 2.50. The van der Waals surface area contributed by atoms with E-state index in [1.165, 1.54) is 0 Å². The van der Waals surface area contributed by atoms with Crippen molar-refractivity contribution in [3.8, 4) is 0 Å². The van der Waals surface area contributed by atoms with Crippen molar-refractivity contribution in [2.75, 3.05) is 6.54 Å². The van der Waals surface area contributed by atoms with Crippen LogP contribution in [-0.2, 0) is 9.59 Å². The van der Waals surface area contributed by atoms with Gasteiger partial charge in [-0.15, -0.1) is 0 Å². The van der Waals surface area contributed by atoms with Gasteiger partial charge in [-0.25, -0.2) is 0 Å². The van der Waals surface area contributed by atoms with Crippen molar-refractivity contribution in [3.05, 3.63) is 70.2 Å². The van der Waals surface area contributed by atoms with Gasteiger partial charge < -0.3 is 15.3 Å². The number of halogens is 1. The van der Waals surface area contributed by atoms with Gasteiger partial charge in [0.25, 0.3) is 11.8 Å². The Morgan fingerprint density at radius 2 is 1.76 bits per heavy atom. The molecule has 2 N–H and O–H groups in total. The third-order valence-electron chi connectivity index (χ3n) is 8.81. The van der Waals surface area contributed by atoms with Gasteiger partial charge in [-0.2, -0.15) is 0 Å². The summed E-state index contributed by atoms with van der Waals surface area (Å²) in [7, 11) is 0. The fourth-order valence-electron chi connectivity index (χ4n) is 6.34. The van der Waals surface area contributed by atoms with E-state index in [9.17, 15) is 14.4 Å². The van der Waals surface area contributed by atoms with Crippen molar-refractivity contribution < 1.29 is 19.5 Å². The second kappa shape index (κ2) is 13.0. The molecule has 0 aromatic heterocycles. The van der Waals surface area contributed by atoms with Crippen LogP contribution >= 0.6 is 11.6 Å². The van der Waals surface area contributed by atoms with E-state index in [1.54, 1.807) is 18.2 Å². The molecule has 2 aromatic carbocycles. The summed E-state index contributed by atoms with van der Waals surface area (Å²) in [6.07, 6.45) is 5.15. The summed E-state index contributed by atoms with van der Waals surface area (Å²) in [5.74, 6) is -0.347. The molecule has 1 saturated carbocycles. The molecule has 1 fully saturated rings. The molecule has 1 spiro atoms. The van der Waals surface area contributed by atoms with Gasteiger partial charge in [0.15, 0.2) is 0 Å². The zero-order chi connectivity index (χ0) is 30.7. The zero-order valence-corrected chi connectivity index (χ0v) is 26.2. The minimum atomic E-state index is -0.959. The number of nitrogens with one attached hydrogen (secondary N) is 1. The van der Waals surface area contributed by atoms with E-state index < -0.39 is 11.6 Å². The number of carboxylic acids is 1. The summed E-state index contributed by atoms with van der Waals surface area (Å²) in [6.45, 7) is 11.3. The quantitative estimate of drug-likeness (QED) is 0.302. The highest BCUT2D eigenvalue weighted by atomic mass is 35.5. The van der Waals surface area contributed by atoms with Crippen LogP contribution in [0.5, 0.6) is 0 Å². The predicted molar refractivity (Wildman–Crippen MR) is 167 cm³/mol. The SMILES string of the molecule is CC(C)CCC(c1ccc(C(=O)NCCC(=O)O)cc1)N1C(=O)C(c2cccc(Cl)c2)=NC12CCC(C(C)(C)C)CC2. The van der Waals surface area contributed by atoms with Crippen molar-refractivity contribution in [2.45, 2.75) is 91.3 Å². The molecule has 2 aliphatic rings. The zero-order valence-electron chi connectivity index (χ0n) is 25.5. The molecule has 42 heavy (non-hydrogen) atoms. The first kappa shape index (κ1) is 31.7. The number of carbonyl (C=O) groups is 3. The Kier molecular flexibility index (Phi) is 9.81. The molecular formula is C34H44ClN3O4. The Balaban J connectivity index is 1.70. The molecule has 0 bridgehead atoms. The summed E-state index contributed by atoms with van der Waals surface area (Å²) in [4.78, 5) is 45.2. The number of benzene rings is 2. The van der Waals surface area contributed by atoms with E-state index in [2.05, 4.69) is 39.9 Å². The fraction of sp³-hybridized carbons (Fsp3) is 0.529. The van der Waals surface area contributed by atoms with Gasteiger partial charge in [-0.3, -0.25) is 19.4 Å². The lowest BCUT2D eigenvalue weighted by Gasteiger charge is -2.47. The van der Waals surface area contributed by atoms with Crippen molar-refractivity contribution in [1.29, 1.82) is 0 Å². The number of hydrogen-bond acceptors (Lipinski definition) is 4. The van der Waals surface area contributed by atoms with Gasteiger partial charge >= 0.3 is 5.97 Å². The van der Waals surface area contributed by atoms with Crippen LogP contribution in [0.1, 0.15) is 107 Å². The van der Waals surface area contributed by atoms with E-state index >= 15 is 0 Å². The third-order valence-corrected chi connectivity index (χ3v) is 9.05. The van der Waals surface area contributed by atoms with Gasteiger partial charge in [0.2, 0.25) is 0 Å². The van der Waals surface area contributed by atoms with Crippen molar-refractivity contribution in [2.24, 2.45) is 22.2 Å². The van der Waals surface area contributed by atoms with Crippen LogP contribution in [0.25, 0.3) is 0 Å². The molecule has 1 aliphatic carbocycles. The van der Waals surface area contributed by atoms with Crippen molar-refractivity contribution in [1.82, 2.24) is 10.2 Å². The molecule has 7 nitrogen and oxygen atoms in total. The maximum atomic E-state index is 14.4. The number of nitrogens with zero attached hydrogens (tertiary/aromatic N) is 2. The Morgan fingerprint density at radius 1 is 1.10 bits per heavy atom. The second-order valence-corrected chi connectivity index (χ2v) is 13.7. The number of amides is 2. The smallest absolute Gasteiger partial charge is 0.305 e. The highest BCUT2D eigenvalue weighted by Gasteiger charge is 2.52. The largest absolute Gasteiger partial charge is 0.481 e. The van der Waals surface area contributed by atoms with Crippen LogP contribution in [0.15, 0.2) is 53.5 Å². The van der Waals surface area contributed by atoms with Crippen LogP contribution in [0.4, 0.5) is 0 Å². The van der Waals surface area contributed by atoms with Crippen LogP contribution < -0.4 is 5.32 Å². The summed E-state index contributed by atoms with van der Waals surface area (Å²) < 4.78 is 0. The summed E-state index contributed by atoms with van der Waals surface area (Å²) in [5, 5.41) is 12.1. The van der Waals surface area contributed by atoms with Gasteiger partial charge in [-0.1, -0.05) is 70.5 Å². The number of carboxylic acid groups (broad SMARTS) is 1. The van der Waals surface area contributed by atoms with Crippen LogP contribution in [0.2, 0.25) is 5.02 Å². The van der Waals surface area contributed by atoms with Gasteiger partial charge in [0, 0.05) is 22.7 Å². The number of hydrogen-bond donors (Lipinski definition) is 2. The molecule has 2 aromatic rings. The predicted octanol–water partition coefficient (Wildman–Crippen LogP) is 7.29. The van der Waals surface area contributed by atoms with Crippen molar-refractivity contribution in [3.63, 3.8) is 0 Å². The summed E-state index contributed by atoms with van der Waals surface area (Å²) in [6, 6.07) is 14.5. The lowest BCUT2D eigenvalue weighted by Crippen LogP contribution is -2.51. The first-order chi connectivity index (χ1) is 19.8. The molecule has 0 radical (unpaired) electrons. The molecule has 226 valence electrons. The minimum absolute atomic E-state index is 0.0664. The molecule has 2 amide bonds. The number of carbonyl (C=O) groups excluding carboxylic acids is 2. The number of aliphatic carboxylic acids is 1. The molecule has 1 heterocycles. The molecule has 1 atom stereocenters. The fourth-order valence-corrected chi connectivity index (χ4v) is 6.54. The Hall–Kier alpha value is -3.19. The first-order valence-corrected chi connectivity index (χ1v) is 15.5. The lowest BCUT2D eigenvalue weighted by atomic mass is 9.69. The highest BCUT2D eigenvalue weighted by molar-refractivity contribution is 6.47. The Morgan fingerprint density at radius 3 is 2.33 bits per heavy atom. The van der Waals surface area contributed by atoms with E-state index in [4.69, 9.17) is 21.7 Å². The molecule has 1 aliphatic heterocycles. The monoisotopic (exact) mass is 593 g/mol. The Bertz CT molecular complexity index is 1320. The normalized spacial score (nSPS) is 21.5. The summed E-state index contributed by atoms with van der Waals surface area (Å²) >= 11 is 6.34. The first-order valence-electron chi connectivity index (χ1n) is 15.1. The van der Waals surface area contributed by atoms with Crippen LogP contribution in [-0.4, -0.2) is 45.7 Å². The van der Waals surface area contributed by atoms with E-state index in [-0.39, 0.29) is 36.2 Å². The van der Waals surface area contributed by atoms with E-state index in [0.29, 0.717) is 28.1 Å². The maximum Gasteiger partial charge on any atom is 0.305 e. The van der Waals surface area contributed by atoms with Gasteiger partial charge in [-0.05, 0) is 85.6 Å². The molecule has 1 unspecified atom stereocenters. The number of aliphatic imine (C=N–C) groups is 1. The van der Waals surface area contributed by atoms with E-state index in [0.717, 1.165) is 49.7 Å². The standard InChI is InChI=1S/C34H44ClN3O4/c1-22(2)9-14-28(23-10-12-24(13-11-23)31(41)36-20-17-29(39)40)38-32(42)30(25-7-6-8-27(35)21-25)37-34(38)18-15-26(16-19-34)33(3,4)5/h6-8,10-13,21-22,26,28H,9,14-20H2,1-5H3,(H,36,41)(H,39,40). The topological polar surface area (TPSA) is 99.1 Å². The van der Waals surface area contributed by atoms with E-state index in [1.807, 2.05) is 35.2 Å². The van der Waals surface area contributed by atoms with Gasteiger partial charge in [0.05, 0.1) is 12.5 Å². The average Bonchev–Trinajstić information content (AvgIpc) is 3.19. The van der Waals surface area contributed by atoms with Gasteiger partial charge in [0.1, 0.15) is 11.4 Å². The third kappa shape index (κ3) is 7.23. The minimum Gasteiger partial charge on any atom is -0.481 e. The molecule has 0 saturated heterocycles. The molecule has 8 heteroatoms. The Labute approximate surface area is 254 Å². The summed E-state index contributed by atoms with van der Waals surface area (Å²) in [5.41, 5.74) is 2.18. The molecular weight excluding hydrogens is 550 g/mol. The van der Waals surface area contributed by atoms with Crippen molar-refractivity contribution >= 4 is 35.1 Å². The second-order valence-electron chi connectivity index (χ2n) is 13.3.